The fourth-order valence-corrected chi connectivity index (χ4v) is 8.29. The Labute approximate surface area is 335 Å². The summed E-state index contributed by atoms with van der Waals surface area (Å²) in [6.07, 6.45) is 4.32. The van der Waals surface area contributed by atoms with Crippen molar-refractivity contribution in [1.29, 1.82) is 0 Å². The lowest BCUT2D eigenvalue weighted by Gasteiger charge is -2.45. The highest BCUT2D eigenvalue weighted by Crippen LogP contribution is 2.40. The van der Waals surface area contributed by atoms with E-state index in [4.69, 9.17) is 9.47 Å². The van der Waals surface area contributed by atoms with Gasteiger partial charge in [0.05, 0.1) is 25.5 Å². The molecule has 11 heteroatoms. The van der Waals surface area contributed by atoms with Gasteiger partial charge in [0.15, 0.2) is 6.29 Å². The molecule has 0 radical (unpaired) electrons. The van der Waals surface area contributed by atoms with Crippen LogP contribution in [0, 0.1) is 0 Å². The van der Waals surface area contributed by atoms with Crippen molar-refractivity contribution in [2.45, 2.75) is 89.1 Å². The Bertz CT molecular complexity index is 1950. The van der Waals surface area contributed by atoms with Gasteiger partial charge in [-0.3, -0.25) is 14.4 Å². The molecule has 11 nitrogen and oxygen atoms in total. The van der Waals surface area contributed by atoms with E-state index in [1.165, 1.54) is 6.92 Å². The zero-order valence-corrected chi connectivity index (χ0v) is 32.8. The van der Waals surface area contributed by atoms with Crippen molar-refractivity contribution in [2.75, 3.05) is 37.7 Å². The van der Waals surface area contributed by atoms with Crippen LogP contribution in [-0.4, -0.2) is 72.2 Å². The number of amides is 3. The van der Waals surface area contributed by atoms with Crippen LogP contribution in [0.5, 0.6) is 0 Å². The van der Waals surface area contributed by atoms with Gasteiger partial charge < -0.3 is 40.3 Å². The molecule has 4 N–H and O–H groups in total. The number of aliphatic hydroxyl groups excluding tert-OH is 1. The van der Waals surface area contributed by atoms with Gasteiger partial charge in [-0.05, 0) is 71.7 Å². The molecule has 0 bridgehead atoms. The van der Waals surface area contributed by atoms with E-state index in [-0.39, 0.29) is 36.5 Å². The highest BCUT2D eigenvalue weighted by Gasteiger charge is 2.50. The van der Waals surface area contributed by atoms with Crippen LogP contribution in [0.2, 0.25) is 0 Å². The molecule has 3 fully saturated rings. The van der Waals surface area contributed by atoms with Gasteiger partial charge in [0.25, 0.3) is 0 Å². The third-order valence-corrected chi connectivity index (χ3v) is 11.6. The van der Waals surface area contributed by atoms with Crippen LogP contribution in [-0.2, 0) is 37.0 Å². The van der Waals surface area contributed by atoms with Gasteiger partial charge in [-0.15, -0.1) is 0 Å². The number of likely N-dealkylation sites (tertiary alicyclic amines) is 1. The molecule has 1 spiro atoms. The number of aliphatic hydroxyl groups is 1. The van der Waals surface area contributed by atoms with E-state index in [0.29, 0.717) is 32.6 Å². The van der Waals surface area contributed by atoms with Crippen molar-refractivity contribution < 1.29 is 29.0 Å². The van der Waals surface area contributed by atoms with E-state index in [0.717, 1.165) is 90.8 Å². The monoisotopic (exact) mass is 773 g/mol. The predicted octanol–water partition coefficient (Wildman–Crippen LogP) is 6.13. The average Bonchev–Trinajstić information content (AvgIpc) is 3.56. The maximum Gasteiger partial charge on any atom is 0.247 e. The second kappa shape index (κ2) is 18.9. The average molecular weight is 774 g/mol. The molecule has 4 aromatic rings. The molecule has 3 amide bonds. The van der Waals surface area contributed by atoms with E-state index >= 15 is 0 Å². The first-order valence-electron chi connectivity index (χ1n) is 20.3. The Morgan fingerprint density at radius 2 is 1.58 bits per heavy atom. The molecule has 300 valence electrons. The van der Waals surface area contributed by atoms with Crippen molar-refractivity contribution in [1.82, 2.24) is 20.9 Å². The summed E-state index contributed by atoms with van der Waals surface area (Å²) >= 11 is 0. The number of hydrogen-bond donors (Lipinski definition) is 4. The minimum Gasteiger partial charge on any atom is -0.392 e. The van der Waals surface area contributed by atoms with Crippen molar-refractivity contribution in [3.8, 4) is 11.1 Å². The topological polar surface area (TPSA) is 132 Å². The zero-order valence-electron chi connectivity index (χ0n) is 32.8. The molecule has 0 aliphatic carbocycles. The molecule has 3 aliphatic heterocycles. The number of piperidine rings is 1. The number of anilines is 1. The number of benzene rings is 4. The number of hydrogen-bond acceptors (Lipinski definition) is 8. The molecule has 0 unspecified atom stereocenters. The maximum absolute atomic E-state index is 13.3. The fourth-order valence-electron chi connectivity index (χ4n) is 8.29. The summed E-state index contributed by atoms with van der Waals surface area (Å²) in [5, 5.41) is 18.6. The molecule has 3 saturated heterocycles. The number of nitrogens with zero attached hydrogens (tertiary/aromatic N) is 2. The van der Waals surface area contributed by atoms with Gasteiger partial charge >= 0.3 is 0 Å². The Kier molecular flexibility index (Phi) is 13.3. The van der Waals surface area contributed by atoms with Crippen molar-refractivity contribution >= 4 is 23.4 Å². The molecule has 0 aromatic heterocycles. The fraction of sp³-hybridized carbons (Fsp3) is 0.413. The van der Waals surface area contributed by atoms with Crippen molar-refractivity contribution in [3.63, 3.8) is 0 Å². The van der Waals surface area contributed by atoms with E-state index in [9.17, 15) is 19.5 Å². The molecular weight excluding hydrogens is 719 g/mol. The predicted molar refractivity (Wildman–Crippen MR) is 220 cm³/mol. The third kappa shape index (κ3) is 10.1. The van der Waals surface area contributed by atoms with Gasteiger partial charge in [0, 0.05) is 63.7 Å². The number of unbranched alkanes of at least 4 members (excludes halogenated alkanes) is 2. The normalized spacial score (nSPS) is 20.6. The zero-order chi connectivity index (χ0) is 39.6. The Morgan fingerprint density at radius 1 is 0.825 bits per heavy atom. The summed E-state index contributed by atoms with van der Waals surface area (Å²) < 4.78 is 13.4. The van der Waals surface area contributed by atoms with Crippen molar-refractivity contribution in [3.05, 3.63) is 125 Å². The summed E-state index contributed by atoms with van der Waals surface area (Å²) in [5.41, 5.74) is 6.49. The highest BCUT2D eigenvalue weighted by atomic mass is 16.7. The maximum atomic E-state index is 13.3. The van der Waals surface area contributed by atoms with Gasteiger partial charge in [0.1, 0.15) is 5.54 Å². The van der Waals surface area contributed by atoms with Gasteiger partial charge in [-0.25, -0.2) is 0 Å². The third-order valence-electron chi connectivity index (χ3n) is 11.6. The minimum atomic E-state index is -0.572. The second-order valence-corrected chi connectivity index (χ2v) is 15.5. The largest absolute Gasteiger partial charge is 0.392 e. The van der Waals surface area contributed by atoms with E-state index in [1.807, 2.05) is 54.6 Å². The van der Waals surface area contributed by atoms with Crippen LogP contribution < -0.4 is 20.9 Å². The number of carbonyl (C=O) groups is 3. The van der Waals surface area contributed by atoms with Crippen LogP contribution >= 0.6 is 0 Å². The summed E-state index contributed by atoms with van der Waals surface area (Å²) in [6, 6.07) is 34.7. The van der Waals surface area contributed by atoms with Gasteiger partial charge in [0.2, 0.25) is 17.7 Å². The number of rotatable bonds is 15. The summed E-state index contributed by atoms with van der Waals surface area (Å²) in [5.74, 6) is 0.109. The summed E-state index contributed by atoms with van der Waals surface area (Å²) in [6.45, 7) is 5.43. The van der Waals surface area contributed by atoms with Crippen LogP contribution in [0.25, 0.3) is 11.1 Å². The standard InChI is InChI=1S/C46H55N5O6/c1-33(53)47-24-7-3-6-13-43(54)48-29-35-9-8-10-39(27-35)36-18-20-38(21-19-36)44-56-41(28-42(57-44)37-16-14-34(31-52)15-17-37)30-50-25-22-46(23-26-50)45(55)49-32-51(46)40-11-4-2-5-12-40/h2,4-5,8-12,14-21,27,41-42,44,52H,3,6-7,13,22-26,28-32H2,1H3,(H,47,53)(H,48,54)(H,49,55)/t41-,42+,44+/m0/s1. The Balaban J connectivity index is 0.982. The van der Waals surface area contributed by atoms with E-state index in [1.54, 1.807) is 0 Å². The van der Waals surface area contributed by atoms with Crippen LogP contribution in [0.1, 0.15) is 86.5 Å². The van der Waals surface area contributed by atoms with Crippen LogP contribution in [0.3, 0.4) is 0 Å². The van der Waals surface area contributed by atoms with Gasteiger partial charge in [-0.2, -0.15) is 0 Å². The van der Waals surface area contributed by atoms with Crippen LogP contribution in [0.4, 0.5) is 5.69 Å². The number of ether oxygens (including phenoxy) is 2. The number of nitrogens with one attached hydrogen (secondary N) is 3. The molecule has 7 rings (SSSR count). The lowest BCUT2D eigenvalue weighted by Crippen LogP contribution is -2.57. The SMILES string of the molecule is CC(=O)NCCCCCC(=O)NCc1cccc(-c2ccc([C@@H]3O[C@H](CN4CCC5(CC4)C(=O)NCN5c4ccccc4)C[C@H](c4ccc(CO)cc4)O3)cc2)c1. The minimum absolute atomic E-state index is 0.0106. The van der Waals surface area contributed by atoms with E-state index < -0.39 is 11.8 Å². The summed E-state index contributed by atoms with van der Waals surface area (Å²) in [7, 11) is 0. The number of carbonyl (C=O) groups excluding carboxylic acids is 3. The number of para-hydroxylation sites is 1. The molecule has 0 saturated carbocycles. The first kappa shape index (κ1) is 40.1. The lowest BCUT2D eigenvalue weighted by atomic mass is 9.85. The Hall–Kier alpha value is -5.07. The first-order valence-corrected chi connectivity index (χ1v) is 20.3. The van der Waals surface area contributed by atoms with Crippen molar-refractivity contribution in [2.24, 2.45) is 0 Å². The lowest BCUT2D eigenvalue weighted by molar-refractivity contribution is -0.253. The van der Waals surface area contributed by atoms with E-state index in [2.05, 4.69) is 74.3 Å². The molecule has 57 heavy (non-hydrogen) atoms. The molecule has 3 atom stereocenters. The highest BCUT2D eigenvalue weighted by molar-refractivity contribution is 5.93. The smallest absolute Gasteiger partial charge is 0.247 e. The van der Waals surface area contributed by atoms with Gasteiger partial charge in [-0.1, -0.05) is 91.3 Å². The van der Waals surface area contributed by atoms with Crippen LogP contribution in [0.15, 0.2) is 103 Å². The second-order valence-electron chi connectivity index (χ2n) is 15.5. The quantitative estimate of drug-likeness (QED) is 0.106. The molecule has 4 aromatic carbocycles. The molecule has 3 heterocycles. The molecule has 3 aliphatic rings. The Morgan fingerprint density at radius 3 is 2.32 bits per heavy atom. The first-order chi connectivity index (χ1) is 27.8. The summed E-state index contributed by atoms with van der Waals surface area (Å²) in [4.78, 5) is 41.4. The molecular formula is C46H55N5O6.